The molecule has 2 aliphatic heterocycles. The minimum Gasteiger partial charge on any atom is -0.461 e. The van der Waals surface area contributed by atoms with E-state index >= 15 is 0 Å². The van der Waals surface area contributed by atoms with Gasteiger partial charge in [-0.15, -0.1) is 0 Å². The molecule has 1 amide bonds. The van der Waals surface area contributed by atoms with Crippen molar-refractivity contribution < 1.29 is 19.1 Å². The molecule has 0 spiro atoms. The zero-order valence-corrected chi connectivity index (χ0v) is 16.7. The summed E-state index contributed by atoms with van der Waals surface area (Å²) in [5, 5.41) is 9.75. The molecule has 2 fully saturated rings. The van der Waals surface area contributed by atoms with E-state index in [0.29, 0.717) is 37.7 Å². The fourth-order valence-corrected chi connectivity index (χ4v) is 3.94. The summed E-state index contributed by atoms with van der Waals surface area (Å²) in [6.07, 6.45) is 7.73. The van der Waals surface area contributed by atoms with Crippen LogP contribution in [0.1, 0.15) is 61.5 Å². The number of carbonyl (C=O) groups is 2. The van der Waals surface area contributed by atoms with E-state index in [9.17, 15) is 9.59 Å². The predicted octanol–water partition coefficient (Wildman–Crippen LogP) is 1.87. The molecule has 1 atom stereocenters. The number of nitrogens with one attached hydrogen (secondary N) is 2. The van der Waals surface area contributed by atoms with Gasteiger partial charge in [-0.3, -0.25) is 14.8 Å². The highest BCUT2D eigenvalue weighted by molar-refractivity contribution is 5.88. The summed E-state index contributed by atoms with van der Waals surface area (Å²) in [4.78, 5) is 26.3. The summed E-state index contributed by atoms with van der Waals surface area (Å²) >= 11 is 0. The molecule has 0 bridgehead atoms. The summed E-state index contributed by atoms with van der Waals surface area (Å²) in [6.45, 7) is 6.24. The molecule has 3 rings (SSSR count). The largest absolute Gasteiger partial charge is 0.461 e. The monoisotopic (exact) mass is 392 g/mol. The molecule has 3 heterocycles. The first-order valence-electron chi connectivity index (χ1n) is 10.5. The third-order valence-electron chi connectivity index (χ3n) is 5.63. The maximum atomic E-state index is 12.0. The Balaban J connectivity index is 1.34. The second kappa shape index (κ2) is 10.6. The van der Waals surface area contributed by atoms with Gasteiger partial charge in [0.25, 0.3) is 0 Å². The Morgan fingerprint density at radius 3 is 2.89 bits per heavy atom. The van der Waals surface area contributed by atoms with E-state index in [-0.39, 0.29) is 18.0 Å². The molecule has 2 saturated heterocycles. The summed E-state index contributed by atoms with van der Waals surface area (Å²) < 4.78 is 10.6. The van der Waals surface area contributed by atoms with E-state index in [1.807, 2.05) is 0 Å². The van der Waals surface area contributed by atoms with Crippen molar-refractivity contribution in [2.45, 2.75) is 58.1 Å². The zero-order valence-electron chi connectivity index (χ0n) is 16.7. The Labute approximate surface area is 166 Å². The number of amides is 1. The van der Waals surface area contributed by atoms with Crippen LogP contribution in [0.5, 0.6) is 0 Å². The summed E-state index contributed by atoms with van der Waals surface area (Å²) in [6, 6.07) is 0. The lowest BCUT2D eigenvalue weighted by atomic mass is 9.92. The van der Waals surface area contributed by atoms with Crippen molar-refractivity contribution in [1.82, 2.24) is 20.4 Å². The molecule has 156 valence electrons. The van der Waals surface area contributed by atoms with Gasteiger partial charge in [-0.2, -0.15) is 5.10 Å². The minimum absolute atomic E-state index is 0.135. The van der Waals surface area contributed by atoms with Gasteiger partial charge in [-0.1, -0.05) is 0 Å². The van der Waals surface area contributed by atoms with Gasteiger partial charge < -0.3 is 14.8 Å². The van der Waals surface area contributed by atoms with Gasteiger partial charge in [-0.25, -0.2) is 4.79 Å². The maximum Gasteiger partial charge on any atom is 0.356 e. The number of aromatic amines is 1. The predicted molar refractivity (Wildman–Crippen MR) is 104 cm³/mol. The first-order chi connectivity index (χ1) is 13.7. The number of hydrogen-bond donors (Lipinski definition) is 2. The van der Waals surface area contributed by atoms with Crippen LogP contribution in [0.25, 0.3) is 0 Å². The summed E-state index contributed by atoms with van der Waals surface area (Å²) in [5.41, 5.74) is 1.33. The highest BCUT2D eigenvalue weighted by Crippen LogP contribution is 2.23. The Bertz CT molecular complexity index is 634. The number of H-pyrrole nitrogens is 1. The molecular formula is C20H32N4O4. The average molecular weight is 393 g/mol. The molecule has 0 aliphatic carbocycles. The first kappa shape index (κ1) is 20.8. The number of nitrogens with zero attached hydrogens (tertiary/aromatic N) is 2. The smallest absolute Gasteiger partial charge is 0.356 e. The highest BCUT2D eigenvalue weighted by Gasteiger charge is 2.23. The van der Waals surface area contributed by atoms with E-state index in [4.69, 9.17) is 9.47 Å². The van der Waals surface area contributed by atoms with Crippen molar-refractivity contribution in [1.29, 1.82) is 0 Å². The number of hydrogen-bond acceptors (Lipinski definition) is 6. The number of piperidine rings is 1. The maximum absolute atomic E-state index is 12.0. The van der Waals surface area contributed by atoms with E-state index in [1.54, 1.807) is 13.1 Å². The first-order valence-corrected chi connectivity index (χ1v) is 10.5. The highest BCUT2D eigenvalue weighted by atomic mass is 16.5. The molecular weight excluding hydrogens is 360 g/mol. The molecule has 0 saturated carbocycles. The van der Waals surface area contributed by atoms with Crippen LogP contribution in [0.3, 0.4) is 0 Å². The van der Waals surface area contributed by atoms with Crippen molar-refractivity contribution in [3.63, 3.8) is 0 Å². The number of rotatable bonds is 9. The number of likely N-dealkylation sites (tertiary alicyclic amines) is 1. The molecule has 28 heavy (non-hydrogen) atoms. The standard InChI is InChI=1S/C20H32N4O4/c1-2-27-20(26)19-16(12-22-23-19)14-24-9-7-15(8-10-24)5-6-18(25)21-13-17-4-3-11-28-17/h12,15,17H,2-11,13-14H2,1H3,(H,21,25)(H,22,23). The average Bonchev–Trinajstić information content (AvgIpc) is 3.38. The fourth-order valence-electron chi connectivity index (χ4n) is 3.94. The van der Waals surface area contributed by atoms with Gasteiger partial charge in [0.15, 0.2) is 0 Å². The van der Waals surface area contributed by atoms with E-state index in [2.05, 4.69) is 20.4 Å². The van der Waals surface area contributed by atoms with Crippen molar-refractivity contribution in [3.8, 4) is 0 Å². The van der Waals surface area contributed by atoms with Crippen LogP contribution in [0.15, 0.2) is 6.20 Å². The van der Waals surface area contributed by atoms with Gasteiger partial charge in [0, 0.05) is 31.7 Å². The SMILES string of the molecule is CCOC(=O)c1[nH]ncc1CN1CCC(CCC(=O)NCC2CCCO2)CC1. The van der Waals surface area contributed by atoms with Crippen LogP contribution in [0, 0.1) is 5.92 Å². The van der Waals surface area contributed by atoms with Crippen molar-refractivity contribution in [2.24, 2.45) is 5.92 Å². The summed E-state index contributed by atoms with van der Waals surface area (Å²) in [7, 11) is 0. The molecule has 1 unspecified atom stereocenters. The number of ether oxygens (including phenoxy) is 2. The van der Waals surface area contributed by atoms with Crippen LogP contribution >= 0.6 is 0 Å². The lowest BCUT2D eigenvalue weighted by Crippen LogP contribution is -2.35. The Morgan fingerprint density at radius 2 is 2.18 bits per heavy atom. The molecule has 8 nitrogen and oxygen atoms in total. The Morgan fingerprint density at radius 1 is 1.36 bits per heavy atom. The molecule has 2 N–H and O–H groups in total. The third kappa shape index (κ3) is 6.04. The Hall–Kier alpha value is -1.93. The number of carbonyl (C=O) groups excluding carboxylic acids is 2. The second-order valence-corrected chi connectivity index (χ2v) is 7.69. The third-order valence-corrected chi connectivity index (χ3v) is 5.63. The molecule has 1 aromatic rings. The lowest BCUT2D eigenvalue weighted by Gasteiger charge is -2.31. The fraction of sp³-hybridized carbons (Fsp3) is 0.750. The Kier molecular flexibility index (Phi) is 7.85. The van der Waals surface area contributed by atoms with Gasteiger partial charge in [-0.05, 0) is 58.0 Å². The molecule has 8 heteroatoms. The van der Waals surface area contributed by atoms with Gasteiger partial charge in [0.1, 0.15) is 5.69 Å². The van der Waals surface area contributed by atoms with Crippen LogP contribution in [-0.4, -0.2) is 65.9 Å². The number of aromatic nitrogens is 2. The van der Waals surface area contributed by atoms with Crippen LogP contribution in [0.2, 0.25) is 0 Å². The van der Waals surface area contributed by atoms with E-state index in [0.717, 1.165) is 57.4 Å². The van der Waals surface area contributed by atoms with Crippen molar-refractivity contribution in [2.75, 3.05) is 32.8 Å². The van der Waals surface area contributed by atoms with Crippen LogP contribution in [-0.2, 0) is 20.8 Å². The summed E-state index contributed by atoms with van der Waals surface area (Å²) in [5.74, 6) is 0.368. The normalized spacial score (nSPS) is 21.0. The lowest BCUT2D eigenvalue weighted by molar-refractivity contribution is -0.122. The van der Waals surface area contributed by atoms with Gasteiger partial charge in [0.2, 0.25) is 5.91 Å². The van der Waals surface area contributed by atoms with E-state index < -0.39 is 0 Å². The van der Waals surface area contributed by atoms with Crippen LogP contribution in [0.4, 0.5) is 0 Å². The topological polar surface area (TPSA) is 96.6 Å². The zero-order chi connectivity index (χ0) is 19.8. The van der Waals surface area contributed by atoms with E-state index in [1.165, 1.54) is 0 Å². The van der Waals surface area contributed by atoms with Gasteiger partial charge >= 0.3 is 5.97 Å². The quantitative estimate of drug-likeness (QED) is 0.623. The van der Waals surface area contributed by atoms with Crippen LogP contribution < -0.4 is 5.32 Å². The second-order valence-electron chi connectivity index (χ2n) is 7.69. The van der Waals surface area contributed by atoms with Crippen molar-refractivity contribution >= 4 is 11.9 Å². The molecule has 2 aliphatic rings. The molecule has 1 aromatic heterocycles. The number of esters is 1. The molecule has 0 radical (unpaired) electrons. The molecule has 0 aromatic carbocycles. The minimum atomic E-state index is -0.348. The van der Waals surface area contributed by atoms with Crippen molar-refractivity contribution in [3.05, 3.63) is 17.5 Å². The van der Waals surface area contributed by atoms with Gasteiger partial charge in [0.05, 0.1) is 18.9 Å².